The first-order chi connectivity index (χ1) is 9.54. The Balaban J connectivity index is 2.03. The van der Waals surface area contributed by atoms with E-state index in [4.69, 9.17) is 23.2 Å². The number of aromatic nitrogens is 1. The maximum Gasteiger partial charge on any atom is 0.249 e. The van der Waals surface area contributed by atoms with Crippen molar-refractivity contribution >= 4 is 41.0 Å². The maximum atomic E-state index is 11.8. The van der Waals surface area contributed by atoms with Crippen molar-refractivity contribution in [3.63, 3.8) is 0 Å². The number of hydrogen-bond acceptors (Lipinski definition) is 2. The molecule has 1 aromatic carbocycles. The largest absolute Gasteiger partial charge is 0.307 e. The molecule has 0 fully saturated rings. The van der Waals surface area contributed by atoms with E-state index in [1.807, 2.05) is 19.1 Å². The molecule has 1 N–H and O–H groups in total. The molecule has 0 atom stereocenters. The van der Waals surface area contributed by atoms with Crippen LogP contribution in [-0.4, -0.2) is 10.9 Å². The summed E-state index contributed by atoms with van der Waals surface area (Å²) in [7, 11) is 0. The van der Waals surface area contributed by atoms with Gasteiger partial charge in [0.2, 0.25) is 5.91 Å². The third-order valence-corrected chi connectivity index (χ3v) is 3.25. The summed E-state index contributed by atoms with van der Waals surface area (Å²) in [5.74, 6) is 0.267. The predicted octanol–water partition coefficient (Wildman–Crippen LogP) is 4.35. The molecule has 5 heteroatoms. The van der Waals surface area contributed by atoms with Crippen molar-refractivity contribution in [2.24, 2.45) is 0 Å². The molecule has 1 heterocycles. The highest BCUT2D eigenvalue weighted by Gasteiger charge is 2.00. The van der Waals surface area contributed by atoms with Gasteiger partial charge in [0.15, 0.2) is 0 Å². The summed E-state index contributed by atoms with van der Waals surface area (Å²) >= 11 is 11.7. The van der Waals surface area contributed by atoms with Crippen LogP contribution in [0.4, 0.5) is 5.82 Å². The molecule has 2 aromatic rings. The third-order valence-electron chi connectivity index (χ3n) is 2.51. The number of hydrogen-bond donors (Lipinski definition) is 1. The first kappa shape index (κ1) is 14.6. The molecule has 0 saturated heterocycles. The molecule has 102 valence electrons. The van der Waals surface area contributed by atoms with Gasteiger partial charge in [-0.2, -0.15) is 0 Å². The lowest BCUT2D eigenvalue weighted by Crippen LogP contribution is -2.09. The van der Waals surface area contributed by atoms with Gasteiger partial charge in [-0.1, -0.05) is 35.3 Å². The Labute approximate surface area is 127 Å². The Morgan fingerprint density at radius 3 is 2.70 bits per heavy atom. The highest BCUT2D eigenvalue weighted by molar-refractivity contribution is 6.42. The number of pyridine rings is 1. The molecule has 0 aliphatic carbocycles. The standard InChI is InChI=1S/C15H12Cl2N2O/c1-10-3-2-4-14(18-10)19-15(20)8-6-11-5-7-12(16)13(17)9-11/h2-9H,1H3,(H,18,19,20). The van der Waals surface area contributed by atoms with E-state index >= 15 is 0 Å². The van der Waals surface area contributed by atoms with Gasteiger partial charge in [-0.15, -0.1) is 0 Å². The van der Waals surface area contributed by atoms with Crippen LogP contribution in [0.3, 0.4) is 0 Å². The van der Waals surface area contributed by atoms with E-state index < -0.39 is 0 Å². The quantitative estimate of drug-likeness (QED) is 0.857. The molecule has 0 bridgehead atoms. The number of halogens is 2. The zero-order valence-corrected chi connectivity index (χ0v) is 12.2. The molecule has 0 aliphatic rings. The van der Waals surface area contributed by atoms with Crippen LogP contribution in [0, 0.1) is 6.92 Å². The summed E-state index contributed by atoms with van der Waals surface area (Å²) < 4.78 is 0. The van der Waals surface area contributed by atoms with Gasteiger partial charge in [0, 0.05) is 11.8 Å². The van der Waals surface area contributed by atoms with E-state index in [0.29, 0.717) is 15.9 Å². The maximum absolute atomic E-state index is 11.8. The van der Waals surface area contributed by atoms with Gasteiger partial charge in [0.05, 0.1) is 10.0 Å². The number of nitrogens with zero attached hydrogens (tertiary/aromatic N) is 1. The molecule has 1 aromatic heterocycles. The Morgan fingerprint density at radius 2 is 2.00 bits per heavy atom. The molecule has 0 aliphatic heterocycles. The summed E-state index contributed by atoms with van der Waals surface area (Å²) in [5, 5.41) is 3.62. The fraction of sp³-hybridized carbons (Fsp3) is 0.0667. The topological polar surface area (TPSA) is 42.0 Å². The van der Waals surface area contributed by atoms with E-state index in [1.54, 1.807) is 30.3 Å². The van der Waals surface area contributed by atoms with Crippen molar-refractivity contribution in [2.45, 2.75) is 6.92 Å². The van der Waals surface area contributed by atoms with Crippen molar-refractivity contribution < 1.29 is 4.79 Å². The average molecular weight is 307 g/mol. The zero-order chi connectivity index (χ0) is 14.5. The minimum absolute atomic E-state index is 0.255. The van der Waals surface area contributed by atoms with Gasteiger partial charge in [0.25, 0.3) is 0 Å². The molecule has 0 saturated carbocycles. The average Bonchev–Trinajstić information content (AvgIpc) is 2.40. The highest BCUT2D eigenvalue weighted by atomic mass is 35.5. The highest BCUT2D eigenvalue weighted by Crippen LogP contribution is 2.23. The lowest BCUT2D eigenvalue weighted by atomic mass is 10.2. The van der Waals surface area contributed by atoms with Crippen LogP contribution in [0.2, 0.25) is 10.0 Å². The fourth-order valence-electron chi connectivity index (χ4n) is 1.57. The smallest absolute Gasteiger partial charge is 0.249 e. The molecule has 0 radical (unpaired) electrons. The minimum atomic E-state index is -0.255. The van der Waals surface area contributed by atoms with Gasteiger partial charge in [-0.05, 0) is 42.8 Å². The zero-order valence-electron chi connectivity index (χ0n) is 10.7. The van der Waals surface area contributed by atoms with E-state index in [2.05, 4.69) is 10.3 Å². The summed E-state index contributed by atoms with van der Waals surface area (Å²) in [5.41, 5.74) is 1.64. The number of nitrogens with one attached hydrogen (secondary N) is 1. The lowest BCUT2D eigenvalue weighted by molar-refractivity contribution is -0.111. The second kappa shape index (κ2) is 6.55. The first-order valence-corrected chi connectivity index (χ1v) is 6.68. The van der Waals surface area contributed by atoms with E-state index in [-0.39, 0.29) is 5.91 Å². The van der Waals surface area contributed by atoms with Gasteiger partial charge in [-0.3, -0.25) is 4.79 Å². The van der Waals surface area contributed by atoms with Gasteiger partial charge < -0.3 is 5.32 Å². The number of amides is 1. The van der Waals surface area contributed by atoms with Crippen molar-refractivity contribution in [2.75, 3.05) is 5.32 Å². The number of carbonyl (C=O) groups is 1. The summed E-state index contributed by atoms with van der Waals surface area (Å²) in [6, 6.07) is 10.6. The number of anilines is 1. The minimum Gasteiger partial charge on any atom is -0.307 e. The molecule has 20 heavy (non-hydrogen) atoms. The predicted molar refractivity (Wildman–Crippen MR) is 83.1 cm³/mol. The van der Waals surface area contributed by atoms with Crippen molar-refractivity contribution in [3.8, 4) is 0 Å². The van der Waals surface area contributed by atoms with Crippen molar-refractivity contribution in [1.82, 2.24) is 4.98 Å². The van der Waals surface area contributed by atoms with Crippen LogP contribution in [0.5, 0.6) is 0 Å². The van der Waals surface area contributed by atoms with Crippen LogP contribution >= 0.6 is 23.2 Å². The van der Waals surface area contributed by atoms with E-state index in [1.165, 1.54) is 6.08 Å². The number of benzene rings is 1. The van der Waals surface area contributed by atoms with Crippen LogP contribution < -0.4 is 5.32 Å². The van der Waals surface area contributed by atoms with Gasteiger partial charge in [0.1, 0.15) is 5.82 Å². The SMILES string of the molecule is Cc1cccc(NC(=O)C=Cc2ccc(Cl)c(Cl)c2)n1. The summed E-state index contributed by atoms with van der Waals surface area (Å²) in [6.45, 7) is 1.86. The summed E-state index contributed by atoms with van der Waals surface area (Å²) in [6.07, 6.45) is 3.08. The van der Waals surface area contributed by atoms with Crippen molar-refractivity contribution in [3.05, 3.63) is 63.8 Å². The second-order valence-corrected chi connectivity index (χ2v) is 4.97. The molecule has 0 spiro atoms. The number of rotatable bonds is 3. The van der Waals surface area contributed by atoms with Gasteiger partial charge >= 0.3 is 0 Å². The van der Waals surface area contributed by atoms with Crippen LogP contribution in [-0.2, 0) is 4.79 Å². The molecular weight excluding hydrogens is 295 g/mol. The van der Waals surface area contributed by atoms with Crippen LogP contribution in [0.1, 0.15) is 11.3 Å². The van der Waals surface area contributed by atoms with Crippen molar-refractivity contribution in [1.29, 1.82) is 0 Å². The normalized spacial score (nSPS) is 10.8. The fourth-order valence-corrected chi connectivity index (χ4v) is 1.88. The molecule has 3 nitrogen and oxygen atoms in total. The van der Waals surface area contributed by atoms with E-state index in [9.17, 15) is 4.79 Å². The number of aryl methyl sites for hydroxylation is 1. The first-order valence-electron chi connectivity index (χ1n) is 5.92. The monoisotopic (exact) mass is 306 g/mol. The Morgan fingerprint density at radius 1 is 1.20 bits per heavy atom. The van der Waals surface area contributed by atoms with E-state index in [0.717, 1.165) is 11.3 Å². The lowest BCUT2D eigenvalue weighted by Gasteiger charge is -2.02. The van der Waals surface area contributed by atoms with Gasteiger partial charge in [-0.25, -0.2) is 4.98 Å². The third kappa shape index (κ3) is 4.08. The molecular formula is C15H12Cl2N2O. The Kier molecular flexibility index (Phi) is 4.77. The molecule has 2 rings (SSSR count). The van der Waals surface area contributed by atoms with Crippen LogP contribution in [0.25, 0.3) is 6.08 Å². The summed E-state index contributed by atoms with van der Waals surface area (Å²) in [4.78, 5) is 15.9. The second-order valence-electron chi connectivity index (χ2n) is 4.16. The molecule has 0 unspecified atom stereocenters. The van der Waals surface area contributed by atoms with Crippen LogP contribution in [0.15, 0.2) is 42.5 Å². The molecule has 1 amide bonds. The number of carbonyl (C=O) groups excluding carboxylic acids is 1. The Hall–Kier alpha value is -1.84. The Bertz CT molecular complexity index is 669.